The van der Waals surface area contributed by atoms with Crippen LogP contribution >= 0.6 is 0 Å². The van der Waals surface area contributed by atoms with Gasteiger partial charge in [-0.3, -0.25) is 0 Å². The maximum absolute atomic E-state index is 3.55. The van der Waals surface area contributed by atoms with Gasteiger partial charge in [-0.25, -0.2) is 0 Å². The van der Waals surface area contributed by atoms with Crippen LogP contribution in [0.5, 0.6) is 0 Å². The molecule has 0 aromatic rings. The maximum atomic E-state index is 3.55. The highest BCUT2D eigenvalue weighted by Crippen LogP contribution is 1.84. The lowest BCUT2D eigenvalue weighted by Gasteiger charge is -1.75. The van der Waals surface area contributed by atoms with Crippen LogP contribution in [0.4, 0.5) is 0 Å². The Morgan fingerprint density at radius 3 is 2.17 bits per heavy atom. The molecule has 0 amide bonds. The molecular formula is C6H9. The van der Waals surface area contributed by atoms with Crippen molar-refractivity contribution in [2.45, 2.75) is 6.92 Å². The van der Waals surface area contributed by atoms with Crippen molar-refractivity contribution in [1.82, 2.24) is 0 Å². The Kier molecular flexibility index (Phi) is 2.47. The summed E-state index contributed by atoms with van der Waals surface area (Å²) >= 11 is 0. The number of allylic oxidation sites excluding steroid dienone is 3. The van der Waals surface area contributed by atoms with Gasteiger partial charge in [-0.15, -0.1) is 0 Å². The monoisotopic (exact) mass is 81.1 g/mol. The Hall–Kier alpha value is -0.520. The molecule has 0 nitrogen and oxygen atoms in total. The van der Waals surface area contributed by atoms with Gasteiger partial charge in [0.05, 0.1) is 0 Å². The zero-order valence-electron chi connectivity index (χ0n) is 4.07. The Morgan fingerprint density at radius 2 is 2.17 bits per heavy atom. The van der Waals surface area contributed by atoms with Gasteiger partial charge in [0.15, 0.2) is 0 Å². The topological polar surface area (TPSA) is 0 Å². The molecule has 0 bridgehead atoms. The molecule has 0 aromatic carbocycles. The smallest absolute Gasteiger partial charge is 0.0244 e. The first-order chi connectivity index (χ1) is 2.77. The predicted molar refractivity (Wildman–Crippen MR) is 29.3 cm³/mol. The maximum Gasteiger partial charge on any atom is -0.0244 e. The molecule has 0 fully saturated rings. The lowest BCUT2D eigenvalue weighted by molar-refractivity contribution is 1.67. The van der Waals surface area contributed by atoms with Gasteiger partial charge in [0.2, 0.25) is 0 Å². The van der Waals surface area contributed by atoms with E-state index in [-0.39, 0.29) is 0 Å². The number of hydrogen-bond donors (Lipinski definition) is 0. The summed E-state index contributed by atoms with van der Waals surface area (Å²) < 4.78 is 0. The number of hydrogen-bond acceptors (Lipinski definition) is 0. The molecule has 0 aliphatic rings. The molecule has 0 saturated heterocycles. The average Bonchev–Trinajstić information content (AvgIpc) is 1.35. The van der Waals surface area contributed by atoms with E-state index in [2.05, 4.69) is 13.5 Å². The summed E-state index contributed by atoms with van der Waals surface area (Å²) in [6.45, 7) is 9.03. The van der Waals surface area contributed by atoms with Crippen LogP contribution in [-0.2, 0) is 0 Å². The van der Waals surface area contributed by atoms with Crippen molar-refractivity contribution in [3.05, 3.63) is 31.2 Å². The van der Waals surface area contributed by atoms with Crippen LogP contribution in [0.3, 0.4) is 0 Å². The molecule has 33 valence electrons. The molecule has 0 unspecified atom stereocenters. The quantitative estimate of drug-likeness (QED) is 0.423. The van der Waals surface area contributed by atoms with Crippen LogP contribution < -0.4 is 0 Å². The van der Waals surface area contributed by atoms with E-state index >= 15 is 0 Å². The Balaban J connectivity index is 3.30. The van der Waals surface area contributed by atoms with E-state index in [4.69, 9.17) is 0 Å². The predicted octanol–water partition coefficient (Wildman–Crippen LogP) is 1.95. The third-order valence-electron chi connectivity index (χ3n) is 0.402. The van der Waals surface area contributed by atoms with Crippen LogP contribution in [0.15, 0.2) is 24.3 Å². The van der Waals surface area contributed by atoms with E-state index in [9.17, 15) is 0 Å². The Morgan fingerprint density at radius 1 is 1.67 bits per heavy atom. The third-order valence-corrected chi connectivity index (χ3v) is 0.402. The molecule has 6 heavy (non-hydrogen) atoms. The summed E-state index contributed by atoms with van der Waals surface area (Å²) in [6.07, 6.45) is 3.77. The standard InChI is InChI=1S/C6H9/c1-4-5-6(2)3/h4-5H,2-3H2,1H3. The molecule has 0 heteroatoms. The molecule has 0 aliphatic carbocycles. The van der Waals surface area contributed by atoms with Crippen molar-refractivity contribution >= 4 is 0 Å². The summed E-state index contributed by atoms with van der Waals surface area (Å²) in [4.78, 5) is 0. The molecule has 0 spiro atoms. The van der Waals surface area contributed by atoms with E-state index in [0.717, 1.165) is 5.57 Å². The summed E-state index contributed by atoms with van der Waals surface area (Å²) in [7, 11) is 0. The lowest BCUT2D eigenvalue weighted by atomic mass is 10.3. The van der Waals surface area contributed by atoms with E-state index in [1.807, 2.05) is 19.1 Å². The van der Waals surface area contributed by atoms with Gasteiger partial charge in [-0.1, -0.05) is 24.3 Å². The normalized spacial score (nSPS) is 9.67. The minimum atomic E-state index is 0.859. The summed E-state index contributed by atoms with van der Waals surface area (Å²) in [5.41, 5.74) is 0.859. The van der Waals surface area contributed by atoms with Gasteiger partial charge in [-0.05, 0) is 13.8 Å². The van der Waals surface area contributed by atoms with Crippen molar-refractivity contribution < 1.29 is 0 Å². The first-order valence-electron chi connectivity index (χ1n) is 1.91. The van der Waals surface area contributed by atoms with Crippen molar-refractivity contribution in [1.29, 1.82) is 0 Å². The van der Waals surface area contributed by atoms with Crippen LogP contribution in [0.1, 0.15) is 6.92 Å². The minimum Gasteiger partial charge on any atom is -0.0958 e. The van der Waals surface area contributed by atoms with Gasteiger partial charge >= 0.3 is 0 Å². The summed E-state index contributed by atoms with van der Waals surface area (Å²) in [5.74, 6) is 0. The minimum absolute atomic E-state index is 0.859. The number of rotatable bonds is 1. The Bertz CT molecular complexity index is 68.1. The first-order valence-corrected chi connectivity index (χ1v) is 1.91. The second-order valence-electron chi connectivity index (χ2n) is 1.16. The van der Waals surface area contributed by atoms with E-state index in [1.54, 1.807) is 0 Å². The summed E-state index contributed by atoms with van der Waals surface area (Å²) in [6, 6.07) is 0. The molecule has 0 heterocycles. The highest BCUT2D eigenvalue weighted by Gasteiger charge is 1.64. The van der Waals surface area contributed by atoms with Crippen molar-refractivity contribution in [3.63, 3.8) is 0 Å². The second-order valence-corrected chi connectivity index (χ2v) is 1.16. The van der Waals surface area contributed by atoms with Crippen LogP contribution in [0.2, 0.25) is 0 Å². The van der Waals surface area contributed by atoms with E-state index < -0.39 is 0 Å². The van der Waals surface area contributed by atoms with Gasteiger partial charge in [0.1, 0.15) is 0 Å². The molecule has 0 atom stereocenters. The highest BCUT2D eigenvalue weighted by atomic mass is 13.7. The zero-order valence-corrected chi connectivity index (χ0v) is 4.07. The van der Waals surface area contributed by atoms with Gasteiger partial charge in [-0.2, -0.15) is 0 Å². The molecule has 0 aromatic heterocycles. The zero-order chi connectivity index (χ0) is 4.99. The van der Waals surface area contributed by atoms with Crippen molar-refractivity contribution in [3.8, 4) is 0 Å². The van der Waals surface area contributed by atoms with Gasteiger partial charge in [0.25, 0.3) is 0 Å². The lowest BCUT2D eigenvalue weighted by Crippen LogP contribution is -1.55. The fraction of sp³-hybridized carbons (Fsp3) is 0.167. The van der Waals surface area contributed by atoms with Gasteiger partial charge < -0.3 is 0 Å². The first kappa shape index (κ1) is 5.48. The molecule has 1 radical (unpaired) electrons. The fourth-order valence-electron chi connectivity index (χ4n) is 0.236. The Labute approximate surface area is 39.2 Å². The third kappa shape index (κ3) is 3.48. The molecule has 0 N–H and O–H groups in total. The summed E-state index contributed by atoms with van der Waals surface area (Å²) in [5, 5.41) is 0. The fourth-order valence-corrected chi connectivity index (χ4v) is 0.236. The van der Waals surface area contributed by atoms with Crippen LogP contribution in [-0.4, -0.2) is 0 Å². The van der Waals surface area contributed by atoms with E-state index in [0.29, 0.717) is 0 Å². The van der Waals surface area contributed by atoms with E-state index in [1.165, 1.54) is 0 Å². The van der Waals surface area contributed by atoms with Crippen LogP contribution in [0, 0.1) is 6.92 Å². The molecule has 0 aliphatic heterocycles. The van der Waals surface area contributed by atoms with Crippen LogP contribution in [0.25, 0.3) is 0 Å². The van der Waals surface area contributed by atoms with Crippen molar-refractivity contribution in [2.75, 3.05) is 0 Å². The van der Waals surface area contributed by atoms with Crippen molar-refractivity contribution in [2.24, 2.45) is 0 Å². The highest BCUT2D eigenvalue weighted by molar-refractivity contribution is 5.15. The molecular weight excluding hydrogens is 72.1 g/mol. The largest absolute Gasteiger partial charge is 0.0958 e. The SMILES string of the molecule is [CH2]C(=C)C=CC. The van der Waals surface area contributed by atoms with Gasteiger partial charge in [0, 0.05) is 0 Å². The average molecular weight is 81.1 g/mol. The molecule has 0 rings (SSSR count). The molecule has 0 saturated carbocycles. The second kappa shape index (κ2) is 2.70.